The van der Waals surface area contributed by atoms with Crippen LogP contribution >= 0.6 is 12.6 Å². The van der Waals surface area contributed by atoms with Crippen molar-refractivity contribution in [3.63, 3.8) is 0 Å². The van der Waals surface area contributed by atoms with Gasteiger partial charge in [0.2, 0.25) is 17.7 Å². The van der Waals surface area contributed by atoms with Gasteiger partial charge in [-0.05, 0) is 44.6 Å². The number of aliphatic imine (C=N–C) groups is 1. The zero-order chi connectivity index (χ0) is 26.3. The van der Waals surface area contributed by atoms with Gasteiger partial charge in [-0.15, -0.1) is 0 Å². The first kappa shape index (κ1) is 31.4. The molecule has 14 heteroatoms. The number of nitrogens with zero attached hydrogens (tertiary/aromatic N) is 1. The fraction of sp³-hybridized carbons (Fsp3) is 0.750. The Labute approximate surface area is 205 Å². The molecule has 0 radical (unpaired) electrons. The van der Waals surface area contributed by atoms with Gasteiger partial charge < -0.3 is 44.0 Å². The lowest BCUT2D eigenvalue weighted by Gasteiger charge is -2.25. The van der Waals surface area contributed by atoms with Crippen molar-refractivity contribution in [3.05, 3.63) is 0 Å². The summed E-state index contributed by atoms with van der Waals surface area (Å²) in [4.78, 5) is 53.4. The monoisotopic (exact) mass is 504 g/mol. The Balaban J connectivity index is 5.52. The van der Waals surface area contributed by atoms with E-state index >= 15 is 0 Å². The molecule has 0 saturated carbocycles. The van der Waals surface area contributed by atoms with E-state index in [1.54, 1.807) is 13.8 Å². The van der Waals surface area contributed by atoms with Gasteiger partial charge >= 0.3 is 5.97 Å². The lowest BCUT2D eigenvalue weighted by atomic mass is 10.0. The van der Waals surface area contributed by atoms with Crippen molar-refractivity contribution < 1.29 is 24.3 Å². The average molecular weight is 505 g/mol. The van der Waals surface area contributed by atoms with Gasteiger partial charge in [0.25, 0.3) is 0 Å². The van der Waals surface area contributed by atoms with Crippen LogP contribution < -0.4 is 38.9 Å². The van der Waals surface area contributed by atoms with E-state index in [1.165, 1.54) is 0 Å². The van der Waals surface area contributed by atoms with Crippen LogP contribution in [0.2, 0.25) is 0 Å². The van der Waals surface area contributed by atoms with E-state index in [9.17, 15) is 24.3 Å². The molecule has 12 N–H and O–H groups in total. The molecule has 0 aliphatic carbocycles. The molecular formula is C20H40N8O5S. The topological polar surface area (TPSA) is 241 Å². The molecule has 13 nitrogen and oxygen atoms in total. The summed E-state index contributed by atoms with van der Waals surface area (Å²) >= 11 is 3.93. The molecule has 4 atom stereocenters. The summed E-state index contributed by atoms with van der Waals surface area (Å²) in [5, 5.41) is 16.8. The summed E-state index contributed by atoms with van der Waals surface area (Å²) in [5.74, 6) is -3.42. The van der Waals surface area contributed by atoms with Crippen LogP contribution in [0.25, 0.3) is 0 Å². The third kappa shape index (κ3) is 12.6. The highest BCUT2D eigenvalue weighted by atomic mass is 32.1. The largest absolute Gasteiger partial charge is 0.480 e. The van der Waals surface area contributed by atoms with Gasteiger partial charge in [-0.25, -0.2) is 4.79 Å². The Bertz CT molecular complexity index is 702. The van der Waals surface area contributed by atoms with Crippen LogP contribution in [0.5, 0.6) is 0 Å². The molecule has 0 aromatic heterocycles. The maximum Gasteiger partial charge on any atom is 0.327 e. The van der Waals surface area contributed by atoms with E-state index in [-0.39, 0.29) is 37.0 Å². The quantitative estimate of drug-likeness (QED) is 0.0444. The van der Waals surface area contributed by atoms with Crippen molar-refractivity contribution in [2.24, 2.45) is 33.8 Å². The van der Waals surface area contributed by atoms with Crippen LogP contribution in [0, 0.1) is 5.92 Å². The number of carbonyl (C=O) groups excluding carboxylic acids is 3. The van der Waals surface area contributed by atoms with E-state index in [0.29, 0.717) is 25.8 Å². The van der Waals surface area contributed by atoms with E-state index in [1.807, 2.05) is 0 Å². The summed E-state index contributed by atoms with van der Waals surface area (Å²) in [6.45, 7) is 4.18. The van der Waals surface area contributed by atoms with Crippen LogP contribution in [0.1, 0.15) is 46.0 Å². The number of amides is 3. The van der Waals surface area contributed by atoms with Crippen LogP contribution in [0.15, 0.2) is 4.99 Å². The number of guanidine groups is 1. The Kier molecular flexibility index (Phi) is 15.7. The molecule has 3 amide bonds. The maximum atomic E-state index is 13.0. The minimum Gasteiger partial charge on any atom is -0.480 e. The second-order valence-electron chi connectivity index (χ2n) is 8.21. The third-order valence-electron chi connectivity index (χ3n) is 4.98. The van der Waals surface area contributed by atoms with E-state index in [0.717, 1.165) is 0 Å². The number of carbonyl (C=O) groups is 4. The predicted molar refractivity (Wildman–Crippen MR) is 133 cm³/mol. The lowest BCUT2D eigenvalue weighted by Crippen LogP contribution is -2.57. The summed E-state index contributed by atoms with van der Waals surface area (Å²) in [7, 11) is 0. The van der Waals surface area contributed by atoms with Gasteiger partial charge in [0.05, 0.1) is 6.04 Å². The Hall–Kier alpha value is -2.58. The van der Waals surface area contributed by atoms with E-state index in [4.69, 9.17) is 22.9 Å². The summed E-state index contributed by atoms with van der Waals surface area (Å²) in [6.07, 6.45) is 1.92. The summed E-state index contributed by atoms with van der Waals surface area (Å²) in [6, 6.07) is -4.08. The molecule has 0 aromatic carbocycles. The molecule has 34 heavy (non-hydrogen) atoms. The number of rotatable bonds is 17. The average Bonchev–Trinajstić information content (AvgIpc) is 2.77. The molecule has 0 fully saturated rings. The maximum absolute atomic E-state index is 13.0. The minimum absolute atomic E-state index is 0.0966. The Morgan fingerprint density at radius 3 is 1.82 bits per heavy atom. The Morgan fingerprint density at radius 2 is 1.38 bits per heavy atom. The number of aliphatic carboxylic acids is 1. The van der Waals surface area contributed by atoms with Gasteiger partial charge in [0.15, 0.2) is 5.96 Å². The first-order valence-electron chi connectivity index (χ1n) is 11.2. The van der Waals surface area contributed by atoms with Crippen LogP contribution in [-0.4, -0.2) is 77.8 Å². The van der Waals surface area contributed by atoms with Gasteiger partial charge in [-0.3, -0.25) is 19.4 Å². The molecule has 0 aromatic rings. The third-order valence-corrected chi connectivity index (χ3v) is 5.34. The summed E-state index contributed by atoms with van der Waals surface area (Å²) in [5.41, 5.74) is 22.0. The zero-order valence-corrected chi connectivity index (χ0v) is 20.7. The van der Waals surface area contributed by atoms with Gasteiger partial charge in [-0.2, -0.15) is 12.6 Å². The SMILES string of the molecule is CC(C)C(N)C(=O)NC(CCCN=C(N)N)C(=O)NC(CCCCN)C(=O)NC(CS)C(=O)O. The molecule has 196 valence electrons. The first-order valence-corrected chi connectivity index (χ1v) is 11.8. The Morgan fingerprint density at radius 1 is 0.882 bits per heavy atom. The van der Waals surface area contributed by atoms with Crippen LogP contribution in [-0.2, 0) is 19.2 Å². The fourth-order valence-electron chi connectivity index (χ4n) is 2.83. The number of hydrogen-bond acceptors (Lipinski definition) is 8. The van der Waals surface area contributed by atoms with E-state index in [2.05, 4.69) is 33.6 Å². The number of thiol groups is 1. The number of nitrogens with two attached hydrogens (primary N) is 4. The molecule has 4 unspecified atom stereocenters. The highest BCUT2D eigenvalue weighted by molar-refractivity contribution is 7.80. The van der Waals surface area contributed by atoms with E-state index < -0.39 is 47.9 Å². The van der Waals surface area contributed by atoms with Crippen molar-refractivity contribution in [3.8, 4) is 0 Å². The van der Waals surface area contributed by atoms with Gasteiger partial charge in [-0.1, -0.05) is 13.8 Å². The lowest BCUT2D eigenvalue weighted by molar-refractivity contribution is -0.141. The number of carboxylic acids is 1. The molecule has 0 saturated heterocycles. The van der Waals surface area contributed by atoms with Gasteiger partial charge in [0.1, 0.15) is 18.1 Å². The smallest absolute Gasteiger partial charge is 0.327 e. The molecule has 0 heterocycles. The molecule has 0 aliphatic heterocycles. The van der Waals surface area contributed by atoms with Crippen molar-refractivity contribution in [1.29, 1.82) is 0 Å². The summed E-state index contributed by atoms with van der Waals surface area (Å²) < 4.78 is 0. The fourth-order valence-corrected chi connectivity index (χ4v) is 3.08. The molecule has 0 bridgehead atoms. The predicted octanol–water partition coefficient (Wildman–Crippen LogP) is -2.38. The normalized spacial score (nSPS) is 14.4. The first-order chi connectivity index (χ1) is 15.9. The molecule has 0 spiro atoms. The number of carboxylic acid groups (broad SMARTS) is 1. The van der Waals surface area contributed by atoms with Crippen molar-refractivity contribution >= 4 is 42.3 Å². The molecular weight excluding hydrogens is 464 g/mol. The zero-order valence-electron chi connectivity index (χ0n) is 19.8. The highest BCUT2D eigenvalue weighted by Gasteiger charge is 2.30. The highest BCUT2D eigenvalue weighted by Crippen LogP contribution is 2.07. The van der Waals surface area contributed by atoms with Crippen LogP contribution in [0.3, 0.4) is 0 Å². The minimum atomic E-state index is -1.25. The van der Waals surface area contributed by atoms with Crippen molar-refractivity contribution in [2.75, 3.05) is 18.8 Å². The molecule has 0 aliphatic rings. The number of hydrogen-bond donors (Lipinski definition) is 9. The van der Waals surface area contributed by atoms with Gasteiger partial charge in [0, 0.05) is 12.3 Å². The second-order valence-corrected chi connectivity index (χ2v) is 8.57. The second kappa shape index (κ2) is 16.9. The standard InChI is InChI=1S/C20H40N8O5S/c1-11(2)15(22)18(31)27-13(7-5-9-25-20(23)24)16(29)26-12(6-3-4-8-21)17(30)28-14(10-34)19(32)33/h11-15,34H,3-10,21-22H2,1-2H3,(H,26,29)(H,27,31)(H,28,30)(H,32,33)(H4,23,24,25). The number of nitrogens with one attached hydrogen (secondary N) is 3. The van der Waals surface area contributed by atoms with Crippen molar-refractivity contribution in [1.82, 2.24) is 16.0 Å². The van der Waals surface area contributed by atoms with Crippen molar-refractivity contribution in [2.45, 2.75) is 70.1 Å². The van der Waals surface area contributed by atoms with Crippen LogP contribution in [0.4, 0.5) is 0 Å². The number of unbranched alkanes of at least 4 members (excludes halogenated alkanes) is 1. The molecule has 0 rings (SSSR count).